The highest BCUT2D eigenvalue weighted by molar-refractivity contribution is 7.99. The zero-order chi connectivity index (χ0) is 19.4. The number of tetrazole rings is 1. The zero-order valence-electron chi connectivity index (χ0n) is 16.5. The Balaban J connectivity index is 1.62. The first-order chi connectivity index (χ1) is 13.0. The number of aromatic nitrogens is 4. The van der Waals surface area contributed by atoms with Crippen LogP contribution in [0.15, 0.2) is 29.4 Å². The van der Waals surface area contributed by atoms with Crippen LogP contribution in [0.1, 0.15) is 45.6 Å². The van der Waals surface area contributed by atoms with Crippen molar-refractivity contribution in [2.24, 2.45) is 17.8 Å². The number of aryl methyl sites for hydroxylation is 1. The molecule has 1 aromatic heterocycles. The second-order valence-corrected chi connectivity index (χ2v) is 8.75. The molecule has 0 amide bonds. The van der Waals surface area contributed by atoms with Gasteiger partial charge >= 0.3 is 5.97 Å². The summed E-state index contributed by atoms with van der Waals surface area (Å²) in [5.74, 6) is 1.61. The molecule has 146 valence electrons. The Kier molecular flexibility index (Phi) is 6.52. The lowest BCUT2D eigenvalue weighted by molar-refractivity contribution is -0.152. The number of rotatable bonds is 6. The summed E-state index contributed by atoms with van der Waals surface area (Å²) in [4.78, 5) is 12.5. The van der Waals surface area contributed by atoms with Crippen LogP contribution in [-0.4, -0.2) is 38.0 Å². The monoisotopic (exact) mass is 388 g/mol. The number of thioether (sulfide) groups is 1. The number of benzene rings is 1. The van der Waals surface area contributed by atoms with E-state index in [9.17, 15) is 4.79 Å². The Bertz CT molecular complexity index is 777. The maximum Gasteiger partial charge on any atom is 0.316 e. The first-order valence-corrected chi connectivity index (χ1v) is 10.6. The molecule has 1 saturated carbocycles. The first kappa shape index (κ1) is 19.9. The van der Waals surface area contributed by atoms with E-state index in [0.29, 0.717) is 22.9 Å². The highest BCUT2D eigenvalue weighted by Crippen LogP contribution is 2.35. The number of hydrogen-bond donors (Lipinski definition) is 0. The van der Waals surface area contributed by atoms with Crippen LogP contribution < -0.4 is 0 Å². The number of ether oxygens (including phenoxy) is 1. The highest BCUT2D eigenvalue weighted by atomic mass is 32.2. The molecule has 1 fully saturated rings. The van der Waals surface area contributed by atoms with Crippen LogP contribution >= 0.6 is 11.8 Å². The predicted octanol–water partition coefficient (Wildman–Crippen LogP) is 4.07. The van der Waals surface area contributed by atoms with Gasteiger partial charge in [-0.3, -0.25) is 4.79 Å². The Labute approximate surface area is 165 Å². The number of nitrogens with zero attached hydrogens (tertiary/aromatic N) is 4. The van der Waals surface area contributed by atoms with Gasteiger partial charge in [0.15, 0.2) is 0 Å². The third kappa shape index (κ3) is 4.89. The number of carbonyl (C=O) groups excluding carboxylic acids is 1. The minimum atomic E-state index is -0.191. The standard InChI is InChI=1S/C20H28N4O2S/c1-13(2)16-10-9-14(3)11-18(16)26-19(25)12-27-20-21-22-23-24(20)17-8-6-5-7-15(17)4/h5-8,13-14,16,18H,9-12H2,1-4H3/t14-,16-,18-/m0/s1. The second kappa shape index (κ2) is 8.87. The van der Waals surface area contributed by atoms with Crippen LogP contribution in [0, 0.1) is 24.7 Å². The lowest BCUT2D eigenvalue weighted by atomic mass is 9.75. The molecule has 3 rings (SSSR count). The van der Waals surface area contributed by atoms with Crippen LogP contribution in [0.5, 0.6) is 0 Å². The van der Waals surface area contributed by atoms with E-state index in [-0.39, 0.29) is 17.8 Å². The van der Waals surface area contributed by atoms with Crippen molar-refractivity contribution in [2.45, 2.75) is 58.2 Å². The van der Waals surface area contributed by atoms with E-state index < -0.39 is 0 Å². The summed E-state index contributed by atoms with van der Waals surface area (Å²) in [5, 5.41) is 12.5. The fraction of sp³-hybridized carbons (Fsp3) is 0.600. The molecule has 0 N–H and O–H groups in total. The van der Waals surface area contributed by atoms with Gasteiger partial charge in [-0.2, -0.15) is 4.68 Å². The van der Waals surface area contributed by atoms with Crippen molar-refractivity contribution in [1.29, 1.82) is 0 Å². The predicted molar refractivity (Wildman–Crippen MR) is 106 cm³/mol. The summed E-state index contributed by atoms with van der Waals surface area (Å²) in [6, 6.07) is 7.90. The van der Waals surface area contributed by atoms with Crippen molar-refractivity contribution in [3.63, 3.8) is 0 Å². The van der Waals surface area contributed by atoms with Crippen molar-refractivity contribution >= 4 is 17.7 Å². The van der Waals surface area contributed by atoms with Gasteiger partial charge in [-0.05, 0) is 59.6 Å². The maximum absolute atomic E-state index is 12.5. The third-order valence-electron chi connectivity index (χ3n) is 5.35. The molecular formula is C20H28N4O2S. The molecule has 1 aliphatic carbocycles. The van der Waals surface area contributed by atoms with E-state index in [2.05, 4.69) is 36.3 Å². The summed E-state index contributed by atoms with van der Waals surface area (Å²) >= 11 is 1.32. The van der Waals surface area contributed by atoms with Crippen LogP contribution in [0.25, 0.3) is 5.69 Å². The second-order valence-electron chi connectivity index (χ2n) is 7.80. The molecular weight excluding hydrogens is 360 g/mol. The molecule has 0 unspecified atom stereocenters. The van der Waals surface area contributed by atoms with Gasteiger partial charge in [0.25, 0.3) is 0 Å². The maximum atomic E-state index is 12.5. The van der Waals surface area contributed by atoms with Crippen LogP contribution in [0.4, 0.5) is 0 Å². The number of para-hydroxylation sites is 1. The van der Waals surface area contributed by atoms with Gasteiger partial charge in [0.05, 0.1) is 11.4 Å². The van der Waals surface area contributed by atoms with E-state index in [1.165, 1.54) is 18.2 Å². The third-order valence-corrected chi connectivity index (χ3v) is 6.24. The van der Waals surface area contributed by atoms with E-state index in [1.807, 2.05) is 31.2 Å². The van der Waals surface area contributed by atoms with Gasteiger partial charge in [-0.1, -0.05) is 57.2 Å². The van der Waals surface area contributed by atoms with Gasteiger partial charge in [0, 0.05) is 0 Å². The molecule has 0 bridgehead atoms. The van der Waals surface area contributed by atoms with Crippen molar-refractivity contribution in [3.8, 4) is 5.69 Å². The molecule has 7 heteroatoms. The summed E-state index contributed by atoms with van der Waals surface area (Å²) < 4.78 is 7.54. The van der Waals surface area contributed by atoms with E-state index >= 15 is 0 Å². The summed E-state index contributed by atoms with van der Waals surface area (Å²) in [7, 11) is 0. The number of esters is 1. The molecule has 27 heavy (non-hydrogen) atoms. The van der Waals surface area contributed by atoms with Crippen LogP contribution in [-0.2, 0) is 9.53 Å². The fourth-order valence-corrected chi connectivity index (χ4v) is 4.46. The highest BCUT2D eigenvalue weighted by Gasteiger charge is 2.33. The smallest absolute Gasteiger partial charge is 0.316 e. The van der Waals surface area contributed by atoms with Crippen molar-refractivity contribution in [2.75, 3.05) is 5.75 Å². The minimum Gasteiger partial charge on any atom is -0.461 e. The minimum absolute atomic E-state index is 0.0224. The van der Waals surface area contributed by atoms with Gasteiger partial charge in [0.2, 0.25) is 5.16 Å². The van der Waals surface area contributed by atoms with Gasteiger partial charge in [-0.25, -0.2) is 0 Å². The Morgan fingerprint density at radius 1 is 1.33 bits per heavy atom. The SMILES string of the molecule is Cc1ccccc1-n1nnnc1SCC(=O)O[C@H]1C[C@@H](C)CC[C@H]1C(C)C. The van der Waals surface area contributed by atoms with Crippen molar-refractivity contribution in [3.05, 3.63) is 29.8 Å². The van der Waals surface area contributed by atoms with E-state index in [4.69, 9.17) is 4.74 Å². The summed E-state index contributed by atoms with van der Waals surface area (Å²) in [5.41, 5.74) is 1.99. The van der Waals surface area contributed by atoms with Crippen LogP contribution in [0.2, 0.25) is 0 Å². The molecule has 6 nitrogen and oxygen atoms in total. The first-order valence-electron chi connectivity index (χ1n) is 9.62. The molecule has 0 saturated heterocycles. The Morgan fingerprint density at radius 2 is 2.11 bits per heavy atom. The largest absolute Gasteiger partial charge is 0.461 e. The van der Waals surface area contributed by atoms with Gasteiger partial charge in [0.1, 0.15) is 6.10 Å². The Morgan fingerprint density at radius 3 is 2.85 bits per heavy atom. The van der Waals surface area contributed by atoms with Crippen LogP contribution in [0.3, 0.4) is 0 Å². The average molecular weight is 389 g/mol. The van der Waals surface area contributed by atoms with Crippen molar-refractivity contribution < 1.29 is 9.53 Å². The Hall–Kier alpha value is -1.89. The molecule has 1 aliphatic rings. The number of carbonyl (C=O) groups is 1. The summed E-state index contributed by atoms with van der Waals surface area (Å²) in [6.45, 7) is 8.68. The molecule has 0 spiro atoms. The molecule has 3 atom stereocenters. The van der Waals surface area contributed by atoms with Gasteiger partial charge in [-0.15, -0.1) is 5.10 Å². The molecule has 1 heterocycles. The molecule has 0 aliphatic heterocycles. The van der Waals surface area contributed by atoms with Gasteiger partial charge < -0.3 is 4.74 Å². The zero-order valence-corrected chi connectivity index (χ0v) is 17.3. The van der Waals surface area contributed by atoms with E-state index in [0.717, 1.165) is 24.1 Å². The molecule has 0 radical (unpaired) electrons. The lowest BCUT2D eigenvalue weighted by Crippen LogP contribution is -2.36. The fourth-order valence-electron chi connectivity index (χ4n) is 3.80. The topological polar surface area (TPSA) is 69.9 Å². The normalized spacial score (nSPS) is 22.8. The lowest BCUT2D eigenvalue weighted by Gasteiger charge is -2.36. The molecule has 1 aromatic carbocycles. The quantitative estimate of drug-likeness (QED) is 0.549. The average Bonchev–Trinajstić information content (AvgIpc) is 3.08. The van der Waals surface area contributed by atoms with E-state index in [1.54, 1.807) is 4.68 Å². The molecule has 2 aromatic rings. The van der Waals surface area contributed by atoms with Crippen molar-refractivity contribution in [1.82, 2.24) is 20.2 Å². The number of hydrogen-bond acceptors (Lipinski definition) is 6. The summed E-state index contributed by atoms with van der Waals surface area (Å²) in [6.07, 6.45) is 3.33.